The van der Waals surface area contributed by atoms with Crippen LogP contribution in [0.15, 0.2) is 36.9 Å². The zero-order valence-corrected chi connectivity index (χ0v) is 11.0. The molecule has 0 aromatic heterocycles. The van der Waals surface area contributed by atoms with Gasteiger partial charge >= 0.3 is 5.97 Å². The van der Waals surface area contributed by atoms with Crippen molar-refractivity contribution in [1.29, 1.82) is 0 Å². The highest BCUT2D eigenvalue weighted by Gasteiger charge is 2.08. The Balaban J connectivity index is 2.89. The summed E-state index contributed by atoms with van der Waals surface area (Å²) in [6.07, 6.45) is 6.12. The van der Waals surface area contributed by atoms with Crippen LogP contribution in [0.25, 0.3) is 6.08 Å². The fourth-order valence-corrected chi connectivity index (χ4v) is 1.54. The molecule has 0 aliphatic heterocycles. The number of aliphatic carboxylic acids is 1. The molecular formula is C15H18O4. The molecule has 0 fully saturated rings. The highest BCUT2D eigenvalue weighted by atomic mass is 16.5. The third-order valence-electron chi connectivity index (χ3n) is 2.43. The fraction of sp³-hybridized carbons (Fsp3) is 0.267. The van der Waals surface area contributed by atoms with E-state index in [4.69, 9.17) is 14.6 Å². The van der Waals surface area contributed by atoms with Gasteiger partial charge in [0.1, 0.15) is 0 Å². The lowest BCUT2D eigenvalue weighted by atomic mass is 10.1. The SMILES string of the molecule is C=CCCCOc1c(C=CC(=O)O)cccc1OC. The maximum atomic E-state index is 10.6. The molecule has 0 heterocycles. The second-order valence-electron chi connectivity index (χ2n) is 3.83. The van der Waals surface area contributed by atoms with Crippen molar-refractivity contribution in [3.05, 3.63) is 42.5 Å². The summed E-state index contributed by atoms with van der Waals surface area (Å²) in [7, 11) is 1.55. The molecule has 19 heavy (non-hydrogen) atoms. The number of carboxylic acid groups (broad SMARTS) is 1. The van der Waals surface area contributed by atoms with E-state index in [1.807, 2.05) is 6.08 Å². The van der Waals surface area contributed by atoms with E-state index in [2.05, 4.69) is 6.58 Å². The highest BCUT2D eigenvalue weighted by Crippen LogP contribution is 2.32. The van der Waals surface area contributed by atoms with Crippen LogP contribution >= 0.6 is 0 Å². The van der Waals surface area contributed by atoms with Crippen LogP contribution in [0.2, 0.25) is 0 Å². The Kier molecular flexibility index (Phi) is 6.22. The molecule has 0 amide bonds. The van der Waals surface area contributed by atoms with Gasteiger partial charge in [0.25, 0.3) is 0 Å². The predicted molar refractivity (Wildman–Crippen MR) is 74.6 cm³/mol. The van der Waals surface area contributed by atoms with Crippen molar-refractivity contribution in [2.24, 2.45) is 0 Å². The van der Waals surface area contributed by atoms with E-state index in [0.29, 0.717) is 23.7 Å². The molecule has 1 aromatic carbocycles. The van der Waals surface area contributed by atoms with Crippen molar-refractivity contribution >= 4 is 12.0 Å². The van der Waals surface area contributed by atoms with Crippen LogP contribution < -0.4 is 9.47 Å². The van der Waals surface area contributed by atoms with Crippen LogP contribution in [-0.2, 0) is 4.79 Å². The van der Waals surface area contributed by atoms with Crippen molar-refractivity contribution in [3.63, 3.8) is 0 Å². The average molecular weight is 262 g/mol. The molecule has 102 valence electrons. The fourth-order valence-electron chi connectivity index (χ4n) is 1.54. The first-order valence-corrected chi connectivity index (χ1v) is 6.00. The molecule has 0 bridgehead atoms. The Labute approximate surface area is 113 Å². The van der Waals surface area contributed by atoms with Gasteiger partial charge in [-0.3, -0.25) is 0 Å². The van der Waals surface area contributed by atoms with Crippen LogP contribution in [-0.4, -0.2) is 24.8 Å². The summed E-state index contributed by atoms with van der Waals surface area (Å²) in [6, 6.07) is 5.35. The van der Waals surface area contributed by atoms with Gasteiger partial charge < -0.3 is 14.6 Å². The largest absolute Gasteiger partial charge is 0.493 e. The molecule has 0 atom stereocenters. The van der Waals surface area contributed by atoms with E-state index in [9.17, 15) is 4.79 Å². The van der Waals surface area contributed by atoms with Crippen LogP contribution in [0.4, 0.5) is 0 Å². The van der Waals surface area contributed by atoms with Crippen molar-refractivity contribution in [2.45, 2.75) is 12.8 Å². The Morgan fingerprint density at radius 1 is 1.47 bits per heavy atom. The van der Waals surface area contributed by atoms with Gasteiger partial charge in [0.2, 0.25) is 0 Å². The number of benzene rings is 1. The quantitative estimate of drug-likeness (QED) is 0.444. The molecule has 0 spiro atoms. The summed E-state index contributed by atoms with van der Waals surface area (Å²) in [5.74, 6) is 0.151. The van der Waals surface area contributed by atoms with Gasteiger partial charge in [0, 0.05) is 11.6 Å². The normalized spacial score (nSPS) is 10.4. The number of methoxy groups -OCH3 is 1. The summed E-state index contributed by atoms with van der Waals surface area (Å²) in [5, 5.41) is 8.67. The topological polar surface area (TPSA) is 55.8 Å². The van der Waals surface area contributed by atoms with E-state index >= 15 is 0 Å². The number of ether oxygens (including phenoxy) is 2. The number of carbonyl (C=O) groups is 1. The standard InChI is InChI=1S/C15H18O4/c1-3-4-5-11-19-15-12(9-10-14(16)17)7-6-8-13(15)18-2/h3,6-10H,1,4-5,11H2,2H3,(H,16,17). The van der Waals surface area contributed by atoms with Crippen LogP contribution in [0.5, 0.6) is 11.5 Å². The Morgan fingerprint density at radius 3 is 2.89 bits per heavy atom. The van der Waals surface area contributed by atoms with E-state index < -0.39 is 5.97 Å². The Bertz CT molecular complexity index is 463. The number of allylic oxidation sites excluding steroid dienone is 1. The first-order chi connectivity index (χ1) is 9.19. The van der Waals surface area contributed by atoms with Crippen LogP contribution in [0.3, 0.4) is 0 Å². The lowest BCUT2D eigenvalue weighted by molar-refractivity contribution is -0.131. The molecular weight excluding hydrogens is 244 g/mol. The van der Waals surface area contributed by atoms with E-state index in [0.717, 1.165) is 18.9 Å². The zero-order chi connectivity index (χ0) is 14.1. The number of carboxylic acids is 1. The first kappa shape index (κ1) is 14.8. The molecule has 0 aliphatic rings. The highest BCUT2D eigenvalue weighted by molar-refractivity contribution is 5.86. The number of rotatable bonds is 8. The minimum atomic E-state index is -1.000. The van der Waals surface area contributed by atoms with Crippen molar-refractivity contribution in [1.82, 2.24) is 0 Å². The Hall–Kier alpha value is -2.23. The van der Waals surface area contributed by atoms with Gasteiger partial charge in [-0.05, 0) is 25.0 Å². The maximum absolute atomic E-state index is 10.6. The smallest absolute Gasteiger partial charge is 0.328 e. The number of para-hydroxylation sites is 1. The molecule has 4 nitrogen and oxygen atoms in total. The summed E-state index contributed by atoms with van der Waals surface area (Å²) in [5.41, 5.74) is 0.681. The maximum Gasteiger partial charge on any atom is 0.328 e. The number of unbranched alkanes of at least 4 members (excludes halogenated alkanes) is 1. The molecule has 0 radical (unpaired) electrons. The van der Waals surface area contributed by atoms with Gasteiger partial charge in [-0.15, -0.1) is 6.58 Å². The predicted octanol–water partition coefficient (Wildman–Crippen LogP) is 3.14. The average Bonchev–Trinajstić information content (AvgIpc) is 2.41. The van der Waals surface area contributed by atoms with Gasteiger partial charge in [0.05, 0.1) is 13.7 Å². The molecule has 1 rings (SSSR count). The van der Waals surface area contributed by atoms with E-state index in [-0.39, 0.29) is 0 Å². The van der Waals surface area contributed by atoms with Crippen LogP contribution in [0.1, 0.15) is 18.4 Å². The number of hydrogen-bond donors (Lipinski definition) is 1. The molecule has 4 heteroatoms. The van der Waals surface area contributed by atoms with Crippen molar-refractivity contribution in [3.8, 4) is 11.5 Å². The van der Waals surface area contributed by atoms with Crippen molar-refractivity contribution in [2.75, 3.05) is 13.7 Å². The lowest BCUT2D eigenvalue weighted by Gasteiger charge is -2.12. The lowest BCUT2D eigenvalue weighted by Crippen LogP contribution is -2.01. The second kappa shape index (κ2) is 7.97. The number of hydrogen-bond acceptors (Lipinski definition) is 3. The Morgan fingerprint density at radius 2 is 2.26 bits per heavy atom. The van der Waals surface area contributed by atoms with Gasteiger partial charge in [-0.25, -0.2) is 4.79 Å². The van der Waals surface area contributed by atoms with Crippen molar-refractivity contribution < 1.29 is 19.4 Å². The summed E-state index contributed by atoms with van der Waals surface area (Å²) < 4.78 is 10.9. The van der Waals surface area contributed by atoms with Gasteiger partial charge in [-0.1, -0.05) is 18.2 Å². The third-order valence-corrected chi connectivity index (χ3v) is 2.43. The van der Waals surface area contributed by atoms with E-state index in [1.165, 1.54) is 6.08 Å². The van der Waals surface area contributed by atoms with Gasteiger partial charge in [0.15, 0.2) is 11.5 Å². The zero-order valence-electron chi connectivity index (χ0n) is 11.0. The summed E-state index contributed by atoms with van der Waals surface area (Å²) in [6.45, 7) is 4.18. The van der Waals surface area contributed by atoms with Crippen LogP contribution in [0, 0.1) is 0 Å². The molecule has 0 aliphatic carbocycles. The molecule has 1 aromatic rings. The minimum Gasteiger partial charge on any atom is -0.493 e. The summed E-state index contributed by atoms with van der Waals surface area (Å²) in [4.78, 5) is 10.6. The molecule has 1 N–H and O–H groups in total. The monoisotopic (exact) mass is 262 g/mol. The molecule has 0 unspecified atom stereocenters. The first-order valence-electron chi connectivity index (χ1n) is 6.00. The third kappa shape index (κ3) is 4.87. The molecule has 0 saturated heterocycles. The van der Waals surface area contributed by atoms with E-state index in [1.54, 1.807) is 25.3 Å². The second-order valence-corrected chi connectivity index (χ2v) is 3.83. The van der Waals surface area contributed by atoms with Gasteiger partial charge in [-0.2, -0.15) is 0 Å². The summed E-state index contributed by atoms with van der Waals surface area (Å²) >= 11 is 0. The molecule has 0 saturated carbocycles. The minimum absolute atomic E-state index is 0.528.